The molecule has 0 aliphatic carbocycles. The number of benzene rings is 1. The average molecular weight is 204 g/mol. The summed E-state index contributed by atoms with van der Waals surface area (Å²) in [4.78, 5) is 12.2. The molecule has 0 N–H and O–H groups in total. The number of hydrogen-bond donors (Lipinski definition) is 0. The molecule has 80 valence electrons. The van der Waals surface area contributed by atoms with E-state index < -0.39 is 0 Å². The van der Waals surface area contributed by atoms with Gasteiger partial charge in [0, 0.05) is 24.7 Å². The van der Waals surface area contributed by atoms with Gasteiger partial charge in [-0.3, -0.25) is 4.79 Å². The molecule has 2 nitrogen and oxygen atoms in total. The summed E-state index contributed by atoms with van der Waals surface area (Å²) in [7, 11) is 0. The van der Waals surface area contributed by atoms with Crippen LogP contribution >= 0.6 is 0 Å². The monoisotopic (exact) mass is 204 g/mol. The van der Waals surface area contributed by atoms with E-state index in [1.807, 2.05) is 30.3 Å². The Morgan fingerprint density at radius 3 is 2.73 bits per heavy atom. The summed E-state index contributed by atoms with van der Waals surface area (Å²) in [5, 5.41) is 0. The molecule has 2 heteroatoms. The minimum absolute atomic E-state index is 0.140. The Morgan fingerprint density at radius 2 is 2.07 bits per heavy atom. The molecule has 1 fully saturated rings. The normalized spacial score (nSPS) is 26.2. The maximum atomic E-state index is 12.2. The van der Waals surface area contributed by atoms with Gasteiger partial charge < -0.3 is 4.74 Å². The summed E-state index contributed by atoms with van der Waals surface area (Å²) < 4.78 is 5.35. The van der Waals surface area contributed by atoms with Gasteiger partial charge in [0.1, 0.15) is 0 Å². The molecule has 0 radical (unpaired) electrons. The van der Waals surface area contributed by atoms with Crippen molar-refractivity contribution in [3.63, 3.8) is 0 Å². The highest BCUT2D eigenvalue weighted by molar-refractivity contribution is 5.98. The van der Waals surface area contributed by atoms with Crippen molar-refractivity contribution in [2.75, 3.05) is 13.2 Å². The Balaban J connectivity index is 2.13. The number of ether oxygens (including phenoxy) is 1. The van der Waals surface area contributed by atoms with E-state index in [1.54, 1.807) is 0 Å². The lowest BCUT2D eigenvalue weighted by Gasteiger charge is -2.27. The Morgan fingerprint density at radius 1 is 1.33 bits per heavy atom. The maximum Gasteiger partial charge on any atom is 0.166 e. The van der Waals surface area contributed by atoms with Crippen molar-refractivity contribution >= 4 is 5.78 Å². The van der Waals surface area contributed by atoms with Gasteiger partial charge in [0.05, 0.1) is 0 Å². The topological polar surface area (TPSA) is 26.3 Å². The number of Topliss-reactive ketones (excluding diaryl/α,β-unsaturated/α-hetero) is 1. The molecule has 0 amide bonds. The fraction of sp³-hybridized carbons (Fsp3) is 0.462. The molecule has 0 spiro atoms. The second-order valence-corrected chi connectivity index (χ2v) is 4.18. The van der Waals surface area contributed by atoms with Gasteiger partial charge >= 0.3 is 0 Å². The van der Waals surface area contributed by atoms with E-state index in [4.69, 9.17) is 4.74 Å². The molecule has 2 unspecified atom stereocenters. The minimum atomic E-state index is 0.140. The van der Waals surface area contributed by atoms with Gasteiger partial charge in [-0.25, -0.2) is 0 Å². The molecule has 1 aromatic rings. The van der Waals surface area contributed by atoms with Crippen molar-refractivity contribution in [3.8, 4) is 0 Å². The molecule has 1 heterocycles. The van der Waals surface area contributed by atoms with E-state index in [9.17, 15) is 4.79 Å². The van der Waals surface area contributed by atoms with Crippen LogP contribution in [-0.2, 0) is 4.74 Å². The fourth-order valence-corrected chi connectivity index (χ4v) is 2.09. The van der Waals surface area contributed by atoms with Crippen LogP contribution in [0, 0.1) is 11.8 Å². The third kappa shape index (κ3) is 2.26. The van der Waals surface area contributed by atoms with Crippen molar-refractivity contribution < 1.29 is 9.53 Å². The van der Waals surface area contributed by atoms with Crippen LogP contribution in [0.3, 0.4) is 0 Å². The van der Waals surface area contributed by atoms with Gasteiger partial charge in [0.15, 0.2) is 5.78 Å². The van der Waals surface area contributed by atoms with Crippen LogP contribution in [0.15, 0.2) is 30.3 Å². The van der Waals surface area contributed by atoms with Gasteiger partial charge in [-0.2, -0.15) is 0 Å². The van der Waals surface area contributed by atoms with Crippen LogP contribution in [0.5, 0.6) is 0 Å². The first-order valence-corrected chi connectivity index (χ1v) is 5.46. The molecule has 2 atom stereocenters. The van der Waals surface area contributed by atoms with Crippen LogP contribution in [0.2, 0.25) is 0 Å². The third-order valence-corrected chi connectivity index (χ3v) is 3.04. The first-order valence-electron chi connectivity index (χ1n) is 5.46. The second-order valence-electron chi connectivity index (χ2n) is 4.18. The quantitative estimate of drug-likeness (QED) is 0.692. The Kier molecular flexibility index (Phi) is 3.17. The van der Waals surface area contributed by atoms with Crippen LogP contribution in [0.25, 0.3) is 0 Å². The highest BCUT2D eigenvalue weighted by Gasteiger charge is 2.28. The Hall–Kier alpha value is -1.15. The largest absolute Gasteiger partial charge is 0.381 e. The summed E-state index contributed by atoms with van der Waals surface area (Å²) >= 11 is 0. The number of carbonyl (C=O) groups excluding carboxylic acids is 1. The second kappa shape index (κ2) is 4.58. The molecule has 0 aromatic heterocycles. The lowest BCUT2D eigenvalue weighted by molar-refractivity contribution is 0.0241. The number of ketones is 1. The molecular weight excluding hydrogens is 188 g/mol. The highest BCUT2D eigenvalue weighted by atomic mass is 16.5. The van der Waals surface area contributed by atoms with Gasteiger partial charge in [0.25, 0.3) is 0 Å². The maximum absolute atomic E-state index is 12.2. The molecule has 1 saturated heterocycles. The van der Waals surface area contributed by atoms with Crippen molar-refractivity contribution in [1.29, 1.82) is 0 Å². The number of carbonyl (C=O) groups is 1. The zero-order valence-corrected chi connectivity index (χ0v) is 8.98. The van der Waals surface area contributed by atoms with Gasteiger partial charge in [-0.15, -0.1) is 0 Å². The summed E-state index contributed by atoms with van der Waals surface area (Å²) in [5.74, 6) is 0.749. The summed E-state index contributed by atoms with van der Waals surface area (Å²) in [6, 6.07) is 9.55. The standard InChI is InChI=1S/C13H16O2/c1-10-9-15-8-7-12(10)13(14)11-5-3-2-4-6-11/h2-6,10,12H,7-9H2,1H3. The molecule has 1 aliphatic heterocycles. The Bertz CT molecular complexity index is 332. The molecule has 0 bridgehead atoms. The van der Waals surface area contributed by atoms with E-state index in [2.05, 4.69) is 6.92 Å². The SMILES string of the molecule is CC1COCCC1C(=O)c1ccccc1. The van der Waals surface area contributed by atoms with E-state index in [0.717, 1.165) is 12.0 Å². The van der Waals surface area contributed by atoms with Gasteiger partial charge in [-0.05, 0) is 12.3 Å². The first-order chi connectivity index (χ1) is 7.29. The smallest absolute Gasteiger partial charge is 0.166 e. The van der Waals surface area contributed by atoms with E-state index in [-0.39, 0.29) is 11.7 Å². The predicted octanol–water partition coefficient (Wildman–Crippen LogP) is 2.54. The van der Waals surface area contributed by atoms with E-state index in [0.29, 0.717) is 19.1 Å². The van der Waals surface area contributed by atoms with E-state index in [1.165, 1.54) is 0 Å². The highest BCUT2D eigenvalue weighted by Crippen LogP contribution is 2.25. The minimum Gasteiger partial charge on any atom is -0.381 e. The van der Waals surface area contributed by atoms with Crippen molar-refractivity contribution in [2.24, 2.45) is 11.8 Å². The molecule has 15 heavy (non-hydrogen) atoms. The molecule has 2 rings (SSSR count). The molecule has 0 saturated carbocycles. The predicted molar refractivity (Wildman–Crippen MR) is 58.9 cm³/mol. The summed E-state index contributed by atoms with van der Waals surface area (Å²) in [6.45, 7) is 3.52. The lowest BCUT2D eigenvalue weighted by atomic mass is 9.84. The van der Waals surface area contributed by atoms with Crippen molar-refractivity contribution in [1.82, 2.24) is 0 Å². The van der Waals surface area contributed by atoms with Crippen LogP contribution in [0.4, 0.5) is 0 Å². The van der Waals surface area contributed by atoms with Crippen LogP contribution < -0.4 is 0 Å². The number of hydrogen-bond acceptors (Lipinski definition) is 2. The zero-order chi connectivity index (χ0) is 10.7. The average Bonchev–Trinajstić information content (AvgIpc) is 2.30. The fourth-order valence-electron chi connectivity index (χ4n) is 2.09. The van der Waals surface area contributed by atoms with E-state index >= 15 is 0 Å². The molecule has 1 aromatic carbocycles. The van der Waals surface area contributed by atoms with Crippen molar-refractivity contribution in [2.45, 2.75) is 13.3 Å². The number of rotatable bonds is 2. The van der Waals surface area contributed by atoms with Crippen LogP contribution in [0.1, 0.15) is 23.7 Å². The van der Waals surface area contributed by atoms with Crippen LogP contribution in [-0.4, -0.2) is 19.0 Å². The Labute approximate surface area is 90.3 Å². The summed E-state index contributed by atoms with van der Waals surface area (Å²) in [6.07, 6.45) is 0.856. The first kappa shape index (κ1) is 10.4. The zero-order valence-electron chi connectivity index (χ0n) is 8.98. The third-order valence-electron chi connectivity index (χ3n) is 3.04. The molecule has 1 aliphatic rings. The van der Waals surface area contributed by atoms with Crippen molar-refractivity contribution in [3.05, 3.63) is 35.9 Å². The lowest BCUT2D eigenvalue weighted by Crippen LogP contribution is -2.31. The van der Waals surface area contributed by atoms with Gasteiger partial charge in [0.2, 0.25) is 0 Å². The van der Waals surface area contributed by atoms with Gasteiger partial charge in [-0.1, -0.05) is 37.3 Å². The molecular formula is C13H16O2. The summed E-state index contributed by atoms with van der Waals surface area (Å²) in [5.41, 5.74) is 0.830.